The average Bonchev–Trinajstić information content (AvgIpc) is 2.44. The lowest BCUT2D eigenvalue weighted by molar-refractivity contribution is 0.271. The molecule has 0 atom stereocenters. The molecular formula is C20H27NO. The van der Waals surface area contributed by atoms with Crippen molar-refractivity contribution in [3.05, 3.63) is 48.0 Å². The smallest absolute Gasteiger partial charge is 0.121 e. The van der Waals surface area contributed by atoms with E-state index in [0.717, 1.165) is 22.6 Å². The largest absolute Gasteiger partial charge is 0.493 e. The van der Waals surface area contributed by atoms with E-state index in [-0.39, 0.29) is 5.41 Å². The molecule has 0 amide bonds. The van der Waals surface area contributed by atoms with E-state index in [1.807, 2.05) is 12.1 Å². The van der Waals surface area contributed by atoms with Gasteiger partial charge in [0, 0.05) is 11.8 Å². The second kappa shape index (κ2) is 6.43. The molecule has 0 aliphatic heterocycles. The van der Waals surface area contributed by atoms with E-state index in [0.29, 0.717) is 12.5 Å². The highest BCUT2D eigenvalue weighted by Crippen LogP contribution is 2.30. The van der Waals surface area contributed by atoms with Crippen LogP contribution in [0.3, 0.4) is 0 Å². The molecular weight excluding hydrogens is 270 g/mol. The van der Waals surface area contributed by atoms with Gasteiger partial charge in [-0.3, -0.25) is 0 Å². The summed E-state index contributed by atoms with van der Waals surface area (Å²) < 4.78 is 5.81. The van der Waals surface area contributed by atoms with Crippen LogP contribution in [0.5, 0.6) is 5.75 Å². The average molecular weight is 297 g/mol. The Hall–Kier alpha value is -1.96. The molecule has 0 aliphatic carbocycles. The second-order valence-corrected chi connectivity index (χ2v) is 7.32. The lowest BCUT2D eigenvalue weighted by Crippen LogP contribution is -2.10. The van der Waals surface area contributed by atoms with Crippen LogP contribution in [0.15, 0.2) is 42.5 Å². The van der Waals surface area contributed by atoms with E-state index in [4.69, 9.17) is 10.5 Å². The Kier molecular flexibility index (Phi) is 4.80. The molecule has 118 valence electrons. The van der Waals surface area contributed by atoms with Crippen LogP contribution in [0.1, 0.15) is 40.2 Å². The molecule has 0 aromatic heterocycles. The summed E-state index contributed by atoms with van der Waals surface area (Å²) in [7, 11) is 0. The van der Waals surface area contributed by atoms with Crippen LogP contribution in [0.2, 0.25) is 0 Å². The fourth-order valence-corrected chi connectivity index (χ4v) is 2.30. The van der Waals surface area contributed by atoms with Gasteiger partial charge < -0.3 is 10.5 Å². The minimum absolute atomic E-state index is 0.166. The van der Waals surface area contributed by atoms with Gasteiger partial charge in [-0.05, 0) is 40.2 Å². The van der Waals surface area contributed by atoms with Crippen molar-refractivity contribution in [1.82, 2.24) is 0 Å². The van der Waals surface area contributed by atoms with Crippen molar-refractivity contribution in [3.8, 4) is 16.9 Å². The van der Waals surface area contributed by atoms with Gasteiger partial charge in [0.25, 0.3) is 0 Å². The number of ether oxygens (including phenoxy) is 1. The summed E-state index contributed by atoms with van der Waals surface area (Å²) in [6.45, 7) is 11.6. The van der Waals surface area contributed by atoms with Gasteiger partial charge in [-0.2, -0.15) is 0 Å². The van der Waals surface area contributed by atoms with Crippen molar-refractivity contribution >= 4 is 5.69 Å². The molecule has 0 bridgehead atoms. The van der Waals surface area contributed by atoms with Crippen LogP contribution >= 0.6 is 0 Å². The molecule has 0 spiro atoms. The fourth-order valence-electron chi connectivity index (χ4n) is 2.30. The van der Waals surface area contributed by atoms with Crippen LogP contribution in [-0.2, 0) is 5.41 Å². The van der Waals surface area contributed by atoms with Crippen molar-refractivity contribution in [3.63, 3.8) is 0 Å². The molecule has 2 heteroatoms. The Balaban J connectivity index is 2.28. The van der Waals surface area contributed by atoms with Gasteiger partial charge >= 0.3 is 0 Å². The molecule has 0 fully saturated rings. The lowest BCUT2D eigenvalue weighted by atomic mass is 9.86. The number of benzene rings is 2. The first-order chi connectivity index (χ1) is 10.3. The van der Waals surface area contributed by atoms with E-state index >= 15 is 0 Å². The number of nitrogen functional groups attached to an aromatic ring is 1. The van der Waals surface area contributed by atoms with Gasteiger partial charge in [0.15, 0.2) is 0 Å². The Morgan fingerprint density at radius 1 is 0.955 bits per heavy atom. The monoisotopic (exact) mass is 297 g/mol. The third-order valence-corrected chi connectivity index (χ3v) is 3.60. The van der Waals surface area contributed by atoms with Crippen LogP contribution in [0.4, 0.5) is 5.69 Å². The summed E-state index contributed by atoms with van der Waals surface area (Å²) in [5, 5.41) is 0. The molecule has 0 radical (unpaired) electrons. The standard InChI is InChI=1S/C20H27NO/c1-14(2)13-22-19-11-16(10-18(21)12-19)15-6-8-17(9-7-15)20(3,4)5/h6-12,14H,13,21H2,1-5H3. The fraction of sp³-hybridized carbons (Fsp3) is 0.400. The molecule has 2 nitrogen and oxygen atoms in total. The molecule has 22 heavy (non-hydrogen) atoms. The van der Waals surface area contributed by atoms with Crippen LogP contribution in [-0.4, -0.2) is 6.61 Å². The van der Waals surface area contributed by atoms with Crippen LogP contribution in [0.25, 0.3) is 11.1 Å². The van der Waals surface area contributed by atoms with Gasteiger partial charge in [0.05, 0.1) is 6.61 Å². The first kappa shape index (κ1) is 16.4. The molecule has 2 aromatic carbocycles. The summed E-state index contributed by atoms with van der Waals surface area (Å²) >= 11 is 0. The van der Waals surface area contributed by atoms with Crippen molar-refractivity contribution in [2.75, 3.05) is 12.3 Å². The van der Waals surface area contributed by atoms with E-state index in [9.17, 15) is 0 Å². The maximum atomic E-state index is 6.02. The quantitative estimate of drug-likeness (QED) is 0.780. The van der Waals surface area contributed by atoms with Crippen molar-refractivity contribution < 1.29 is 4.74 Å². The number of hydrogen-bond donors (Lipinski definition) is 1. The molecule has 2 rings (SSSR count). The Morgan fingerprint density at radius 2 is 1.59 bits per heavy atom. The highest BCUT2D eigenvalue weighted by atomic mass is 16.5. The SMILES string of the molecule is CC(C)COc1cc(N)cc(-c2ccc(C(C)(C)C)cc2)c1. The zero-order valence-corrected chi connectivity index (χ0v) is 14.3. The molecule has 0 saturated heterocycles. The molecule has 2 N–H and O–H groups in total. The summed E-state index contributed by atoms with van der Waals surface area (Å²) in [5.41, 5.74) is 10.5. The maximum Gasteiger partial charge on any atom is 0.121 e. The van der Waals surface area contributed by atoms with Gasteiger partial charge in [0.2, 0.25) is 0 Å². The Morgan fingerprint density at radius 3 is 2.14 bits per heavy atom. The topological polar surface area (TPSA) is 35.2 Å². The van der Waals surface area contributed by atoms with Crippen LogP contribution in [0, 0.1) is 5.92 Å². The molecule has 0 aliphatic rings. The lowest BCUT2D eigenvalue weighted by Gasteiger charge is -2.19. The molecule has 0 saturated carbocycles. The minimum Gasteiger partial charge on any atom is -0.493 e. The number of nitrogens with two attached hydrogens (primary N) is 1. The van der Waals surface area contributed by atoms with E-state index < -0.39 is 0 Å². The van der Waals surface area contributed by atoms with Crippen molar-refractivity contribution in [2.45, 2.75) is 40.0 Å². The van der Waals surface area contributed by atoms with Gasteiger partial charge in [-0.15, -0.1) is 0 Å². The molecule has 2 aromatic rings. The number of hydrogen-bond acceptors (Lipinski definition) is 2. The minimum atomic E-state index is 0.166. The highest BCUT2D eigenvalue weighted by Gasteiger charge is 2.13. The second-order valence-electron chi connectivity index (χ2n) is 7.32. The van der Waals surface area contributed by atoms with E-state index in [2.05, 4.69) is 65.0 Å². The van der Waals surface area contributed by atoms with Crippen molar-refractivity contribution in [1.29, 1.82) is 0 Å². The normalized spacial score (nSPS) is 11.7. The zero-order chi connectivity index (χ0) is 16.3. The Labute approximate surface area is 134 Å². The third-order valence-electron chi connectivity index (χ3n) is 3.60. The summed E-state index contributed by atoms with van der Waals surface area (Å²) in [4.78, 5) is 0. The van der Waals surface area contributed by atoms with Crippen LogP contribution < -0.4 is 10.5 Å². The van der Waals surface area contributed by atoms with Crippen molar-refractivity contribution in [2.24, 2.45) is 5.92 Å². The third kappa shape index (κ3) is 4.27. The number of anilines is 1. The summed E-state index contributed by atoms with van der Waals surface area (Å²) in [6.07, 6.45) is 0. The Bertz CT molecular complexity index is 621. The predicted molar refractivity (Wildman–Crippen MR) is 95.3 cm³/mol. The van der Waals surface area contributed by atoms with E-state index in [1.54, 1.807) is 0 Å². The van der Waals surface area contributed by atoms with Gasteiger partial charge in [-0.25, -0.2) is 0 Å². The highest BCUT2D eigenvalue weighted by molar-refractivity contribution is 5.70. The first-order valence-electron chi connectivity index (χ1n) is 7.90. The molecule has 0 unspecified atom stereocenters. The first-order valence-corrected chi connectivity index (χ1v) is 7.90. The van der Waals surface area contributed by atoms with Gasteiger partial charge in [0.1, 0.15) is 5.75 Å². The maximum absolute atomic E-state index is 6.02. The van der Waals surface area contributed by atoms with E-state index in [1.165, 1.54) is 5.56 Å². The number of rotatable bonds is 4. The summed E-state index contributed by atoms with van der Waals surface area (Å²) in [6, 6.07) is 14.6. The summed E-state index contributed by atoms with van der Waals surface area (Å²) in [5.74, 6) is 1.33. The van der Waals surface area contributed by atoms with Gasteiger partial charge in [-0.1, -0.05) is 58.9 Å². The predicted octanol–water partition coefficient (Wildman–Crippen LogP) is 5.27. The molecule has 0 heterocycles. The zero-order valence-electron chi connectivity index (χ0n) is 14.3.